The van der Waals surface area contributed by atoms with E-state index in [0.717, 1.165) is 12.0 Å². The fourth-order valence-electron chi connectivity index (χ4n) is 2.08. The summed E-state index contributed by atoms with van der Waals surface area (Å²) in [6, 6.07) is 12.9. The first kappa shape index (κ1) is 12.9. The highest BCUT2D eigenvalue weighted by atomic mass is 16.1. The van der Waals surface area contributed by atoms with Crippen molar-refractivity contribution < 1.29 is 0 Å². The van der Waals surface area contributed by atoms with E-state index in [0.29, 0.717) is 17.7 Å². The van der Waals surface area contributed by atoms with Crippen molar-refractivity contribution >= 4 is 5.82 Å². The van der Waals surface area contributed by atoms with Crippen LogP contribution in [-0.2, 0) is 6.54 Å². The van der Waals surface area contributed by atoms with Gasteiger partial charge in [-0.15, -0.1) is 0 Å². The molecule has 0 radical (unpaired) electrons. The molecular formula is C15H15N3O. The third kappa shape index (κ3) is 2.36. The minimum Gasteiger partial charge on any atom is -0.384 e. The average molecular weight is 253 g/mol. The molecule has 1 aromatic heterocycles. The van der Waals surface area contributed by atoms with Crippen LogP contribution in [0.1, 0.15) is 18.9 Å². The van der Waals surface area contributed by atoms with Crippen molar-refractivity contribution in [3.05, 3.63) is 52.3 Å². The minimum atomic E-state index is -0.169. The van der Waals surface area contributed by atoms with Gasteiger partial charge in [0.1, 0.15) is 17.5 Å². The molecule has 0 saturated carbocycles. The maximum Gasteiger partial charge on any atom is 0.252 e. The third-order valence-corrected chi connectivity index (χ3v) is 2.99. The molecule has 0 saturated heterocycles. The van der Waals surface area contributed by atoms with Crippen LogP contribution in [0.2, 0.25) is 0 Å². The fraction of sp³-hybridized carbons (Fsp3) is 0.200. The van der Waals surface area contributed by atoms with Crippen molar-refractivity contribution in [2.75, 3.05) is 5.73 Å². The smallest absolute Gasteiger partial charge is 0.252 e. The van der Waals surface area contributed by atoms with Gasteiger partial charge in [0.05, 0.1) is 0 Å². The average Bonchev–Trinajstić information content (AvgIpc) is 2.44. The SMILES string of the molecule is CCCn1c(N)c(C#N)c(-c2ccccc2)cc1=O. The van der Waals surface area contributed by atoms with E-state index in [1.165, 1.54) is 10.6 Å². The number of rotatable bonds is 3. The van der Waals surface area contributed by atoms with Gasteiger partial charge < -0.3 is 5.73 Å². The summed E-state index contributed by atoms with van der Waals surface area (Å²) < 4.78 is 1.45. The number of anilines is 1. The monoisotopic (exact) mass is 253 g/mol. The first-order valence-corrected chi connectivity index (χ1v) is 6.17. The number of pyridine rings is 1. The maximum absolute atomic E-state index is 12.1. The van der Waals surface area contributed by atoms with Gasteiger partial charge in [0.25, 0.3) is 5.56 Å². The molecule has 0 atom stereocenters. The summed E-state index contributed by atoms with van der Waals surface area (Å²) in [6.45, 7) is 2.48. The van der Waals surface area contributed by atoms with Crippen molar-refractivity contribution in [2.24, 2.45) is 0 Å². The molecule has 4 nitrogen and oxygen atoms in total. The number of hydrogen-bond donors (Lipinski definition) is 1. The Kier molecular flexibility index (Phi) is 3.67. The summed E-state index contributed by atoms with van der Waals surface area (Å²) in [5.41, 5.74) is 7.57. The van der Waals surface area contributed by atoms with Crippen LogP contribution in [0, 0.1) is 11.3 Å². The number of nitrogens with zero attached hydrogens (tertiary/aromatic N) is 2. The Labute approximate surface area is 111 Å². The Morgan fingerprint density at radius 3 is 2.58 bits per heavy atom. The molecule has 0 aliphatic heterocycles. The molecule has 0 unspecified atom stereocenters. The van der Waals surface area contributed by atoms with Gasteiger partial charge in [0.2, 0.25) is 0 Å². The number of aromatic nitrogens is 1. The van der Waals surface area contributed by atoms with E-state index < -0.39 is 0 Å². The summed E-state index contributed by atoms with van der Waals surface area (Å²) in [5.74, 6) is 0.246. The Morgan fingerprint density at radius 2 is 2.00 bits per heavy atom. The van der Waals surface area contributed by atoms with Gasteiger partial charge in [-0.2, -0.15) is 5.26 Å². The molecule has 2 rings (SSSR count). The molecule has 0 fully saturated rings. The lowest BCUT2D eigenvalue weighted by Gasteiger charge is -2.13. The molecule has 0 aliphatic rings. The van der Waals surface area contributed by atoms with Crippen LogP contribution in [0.4, 0.5) is 5.82 Å². The topological polar surface area (TPSA) is 71.8 Å². The van der Waals surface area contributed by atoms with Gasteiger partial charge in [0.15, 0.2) is 0 Å². The van der Waals surface area contributed by atoms with Crippen LogP contribution >= 0.6 is 0 Å². The minimum absolute atomic E-state index is 0.169. The predicted octanol–water partition coefficient (Wildman–Crippen LogP) is 2.38. The zero-order valence-corrected chi connectivity index (χ0v) is 10.8. The summed E-state index contributed by atoms with van der Waals surface area (Å²) in [5, 5.41) is 9.30. The lowest BCUT2D eigenvalue weighted by Crippen LogP contribution is -2.23. The predicted molar refractivity (Wildman–Crippen MR) is 75.6 cm³/mol. The van der Waals surface area contributed by atoms with E-state index in [-0.39, 0.29) is 11.4 Å². The summed E-state index contributed by atoms with van der Waals surface area (Å²) >= 11 is 0. The number of hydrogen-bond acceptors (Lipinski definition) is 3. The highest BCUT2D eigenvalue weighted by molar-refractivity contribution is 5.75. The lowest BCUT2D eigenvalue weighted by molar-refractivity contribution is 0.663. The molecule has 0 aliphatic carbocycles. The highest BCUT2D eigenvalue weighted by Crippen LogP contribution is 2.25. The summed E-state index contributed by atoms with van der Waals surface area (Å²) in [4.78, 5) is 12.1. The molecular weight excluding hydrogens is 238 g/mol. The lowest BCUT2D eigenvalue weighted by atomic mass is 10.0. The van der Waals surface area contributed by atoms with Crippen LogP contribution in [0.5, 0.6) is 0 Å². The normalized spacial score (nSPS) is 10.1. The van der Waals surface area contributed by atoms with Crippen LogP contribution in [0.25, 0.3) is 11.1 Å². The van der Waals surface area contributed by atoms with Gasteiger partial charge in [0, 0.05) is 18.2 Å². The Hall–Kier alpha value is -2.54. The van der Waals surface area contributed by atoms with Gasteiger partial charge >= 0.3 is 0 Å². The number of benzene rings is 1. The second-order valence-corrected chi connectivity index (χ2v) is 4.29. The van der Waals surface area contributed by atoms with Crippen molar-refractivity contribution in [3.63, 3.8) is 0 Å². The zero-order chi connectivity index (χ0) is 13.8. The van der Waals surface area contributed by atoms with Crippen molar-refractivity contribution in [3.8, 4) is 17.2 Å². The molecule has 0 spiro atoms. The third-order valence-electron chi connectivity index (χ3n) is 2.99. The van der Waals surface area contributed by atoms with Crippen LogP contribution in [0.15, 0.2) is 41.2 Å². The van der Waals surface area contributed by atoms with Gasteiger partial charge in [-0.3, -0.25) is 9.36 Å². The Bertz CT molecular complexity index is 681. The summed E-state index contributed by atoms with van der Waals surface area (Å²) in [6.07, 6.45) is 0.791. The molecule has 1 aromatic carbocycles. The number of nitrogens with two attached hydrogens (primary N) is 1. The van der Waals surface area contributed by atoms with Crippen molar-refractivity contribution in [1.29, 1.82) is 5.26 Å². The van der Waals surface area contributed by atoms with E-state index in [4.69, 9.17) is 5.73 Å². The van der Waals surface area contributed by atoms with Crippen LogP contribution in [-0.4, -0.2) is 4.57 Å². The molecule has 1 heterocycles. The van der Waals surface area contributed by atoms with E-state index >= 15 is 0 Å². The Balaban J connectivity index is 2.71. The quantitative estimate of drug-likeness (QED) is 0.912. The van der Waals surface area contributed by atoms with Crippen LogP contribution < -0.4 is 11.3 Å². The van der Waals surface area contributed by atoms with Gasteiger partial charge in [-0.1, -0.05) is 37.3 Å². The molecule has 2 aromatic rings. The maximum atomic E-state index is 12.1. The van der Waals surface area contributed by atoms with Crippen LogP contribution in [0.3, 0.4) is 0 Å². The second kappa shape index (κ2) is 5.40. The largest absolute Gasteiger partial charge is 0.384 e. The highest BCUT2D eigenvalue weighted by Gasteiger charge is 2.13. The fourth-order valence-corrected chi connectivity index (χ4v) is 2.08. The molecule has 0 bridgehead atoms. The molecule has 0 amide bonds. The molecule has 19 heavy (non-hydrogen) atoms. The van der Waals surface area contributed by atoms with Crippen molar-refractivity contribution in [2.45, 2.75) is 19.9 Å². The van der Waals surface area contributed by atoms with E-state index in [9.17, 15) is 10.1 Å². The molecule has 4 heteroatoms. The molecule has 2 N–H and O–H groups in total. The van der Waals surface area contributed by atoms with E-state index in [1.54, 1.807) is 0 Å². The zero-order valence-electron chi connectivity index (χ0n) is 10.8. The van der Waals surface area contributed by atoms with Crippen molar-refractivity contribution in [1.82, 2.24) is 4.57 Å². The van der Waals surface area contributed by atoms with Gasteiger partial charge in [-0.25, -0.2) is 0 Å². The first-order chi connectivity index (χ1) is 9.19. The van der Waals surface area contributed by atoms with Gasteiger partial charge in [-0.05, 0) is 12.0 Å². The summed E-state index contributed by atoms with van der Waals surface area (Å²) in [7, 11) is 0. The second-order valence-electron chi connectivity index (χ2n) is 4.29. The van der Waals surface area contributed by atoms with E-state index in [2.05, 4.69) is 6.07 Å². The number of nitrogen functional groups attached to an aromatic ring is 1. The number of nitriles is 1. The van der Waals surface area contributed by atoms with E-state index in [1.807, 2.05) is 37.3 Å². The standard InChI is InChI=1S/C15H15N3O/c1-2-8-18-14(19)9-12(13(10-16)15(18)17)11-6-4-3-5-7-11/h3-7,9H,2,8,17H2,1H3. The Morgan fingerprint density at radius 1 is 1.32 bits per heavy atom. The first-order valence-electron chi connectivity index (χ1n) is 6.17. The molecule has 96 valence electrons.